The SMILES string of the molecule is C=C1CC2CCC(C1)N2C(=O)c1ccccc1Cl. The van der Waals surface area contributed by atoms with E-state index in [9.17, 15) is 4.79 Å². The molecule has 2 unspecified atom stereocenters. The number of halogens is 1. The fourth-order valence-corrected chi connectivity index (χ4v) is 3.43. The Morgan fingerprint density at radius 3 is 2.44 bits per heavy atom. The maximum atomic E-state index is 12.6. The Kier molecular flexibility index (Phi) is 2.90. The van der Waals surface area contributed by atoms with Gasteiger partial charge in [-0.25, -0.2) is 0 Å². The molecule has 1 aromatic rings. The van der Waals surface area contributed by atoms with Crippen molar-refractivity contribution in [3.8, 4) is 0 Å². The topological polar surface area (TPSA) is 20.3 Å². The molecule has 0 radical (unpaired) electrons. The van der Waals surface area contributed by atoms with Gasteiger partial charge in [-0.05, 0) is 37.8 Å². The van der Waals surface area contributed by atoms with Gasteiger partial charge in [0.15, 0.2) is 0 Å². The fraction of sp³-hybridized carbons (Fsp3) is 0.400. The van der Waals surface area contributed by atoms with Crippen LogP contribution >= 0.6 is 11.6 Å². The van der Waals surface area contributed by atoms with Gasteiger partial charge < -0.3 is 4.90 Å². The molecule has 2 aliphatic rings. The molecule has 94 valence electrons. The van der Waals surface area contributed by atoms with Crippen LogP contribution in [-0.2, 0) is 0 Å². The molecule has 0 spiro atoms. The van der Waals surface area contributed by atoms with Crippen molar-refractivity contribution in [3.05, 3.63) is 47.0 Å². The molecule has 2 atom stereocenters. The van der Waals surface area contributed by atoms with Gasteiger partial charge in [0.2, 0.25) is 0 Å². The molecule has 1 aromatic carbocycles. The Morgan fingerprint density at radius 1 is 1.22 bits per heavy atom. The van der Waals surface area contributed by atoms with E-state index in [0.717, 1.165) is 25.7 Å². The summed E-state index contributed by atoms with van der Waals surface area (Å²) in [5, 5.41) is 0.548. The van der Waals surface area contributed by atoms with Gasteiger partial charge in [-0.15, -0.1) is 0 Å². The summed E-state index contributed by atoms with van der Waals surface area (Å²) in [5.41, 5.74) is 1.91. The molecule has 3 heteroatoms. The molecular weight excluding hydrogens is 246 g/mol. The van der Waals surface area contributed by atoms with Crippen LogP contribution in [0.2, 0.25) is 5.02 Å². The van der Waals surface area contributed by atoms with Crippen molar-refractivity contribution in [1.29, 1.82) is 0 Å². The first-order chi connectivity index (χ1) is 8.66. The first kappa shape index (κ1) is 11.8. The quantitative estimate of drug-likeness (QED) is 0.707. The van der Waals surface area contributed by atoms with E-state index in [1.807, 2.05) is 23.1 Å². The molecule has 0 aromatic heterocycles. The first-order valence-electron chi connectivity index (χ1n) is 6.40. The minimum Gasteiger partial charge on any atom is -0.332 e. The predicted octanol–water partition coefficient (Wildman–Crippen LogP) is 3.66. The van der Waals surface area contributed by atoms with Crippen molar-refractivity contribution in [3.63, 3.8) is 0 Å². The molecule has 2 bridgehead atoms. The van der Waals surface area contributed by atoms with Crippen molar-refractivity contribution in [2.75, 3.05) is 0 Å². The van der Waals surface area contributed by atoms with Crippen LogP contribution in [0.4, 0.5) is 0 Å². The number of hydrogen-bond donors (Lipinski definition) is 0. The van der Waals surface area contributed by atoms with Crippen molar-refractivity contribution >= 4 is 17.5 Å². The highest BCUT2D eigenvalue weighted by Crippen LogP contribution is 2.39. The van der Waals surface area contributed by atoms with Gasteiger partial charge >= 0.3 is 0 Å². The summed E-state index contributed by atoms with van der Waals surface area (Å²) in [6, 6.07) is 7.98. The largest absolute Gasteiger partial charge is 0.332 e. The predicted molar refractivity (Wildman–Crippen MR) is 72.8 cm³/mol. The second-order valence-corrected chi connectivity index (χ2v) is 5.64. The number of amides is 1. The summed E-state index contributed by atoms with van der Waals surface area (Å²) in [5.74, 6) is 0.0839. The lowest BCUT2D eigenvalue weighted by atomic mass is 9.97. The summed E-state index contributed by atoms with van der Waals surface area (Å²) in [6.45, 7) is 4.08. The van der Waals surface area contributed by atoms with Crippen LogP contribution in [0.25, 0.3) is 0 Å². The molecule has 2 aliphatic heterocycles. The number of fused-ring (bicyclic) bond motifs is 2. The number of carbonyl (C=O) groups is 1. The minimum absolute atomic E-state index is 0.0839. The molecule has 0 saturated carbocycles. The third-order valence-electron chi connectivity index (χ3n) is 4.01. The highest BCUT2D eigenvalue weighted by atomic mass is 35.5. The van der Waals surface area contributed by atoms with Gasteiger partial charge in [0, 0.05) is 12.1 Å². The van der Waals surface area contributed by atoms with Gasteiger partial charge in [-0.2, -0.15) is 0 Å². The van der Waals surface area contributed by atoms with Gasteiger partial charge in [-0.3, -0.25) is 4.79 Å². The summed E-state index contributed by atoms with van der Waals surface area (Å²) in [4.78, 5) is 14.6. The van der Waals surface area contributed by atoms with E-state index in [0.29, 0.717) is 22.7 Å². The molecule has 18 heavy (non-hydrogen) atoms. The second-order valence-electron chi connectivity index (χ2n) is 5.24. The highest BCUT2D eigenvalue weighted by molar-refractivity contribution is 6.33. The molecule has 0 N–H and O–H groups in total. The average molecular weight is 262 g/mol. The summed E-state index contributed by atoms with van der Waals surface area (Å²) in [7, 11) is 0. The van der Waals surface area contributed by atoms with Gasteiger partial charge in [-0.1, -0.05) is 35.9 Å². The van der Waals surface area contributed by atoms with Crippen LogP contribution in [0.5, 0.6) is 0 Å². The summed E-state index contributed by atoms with van der Waals surface area (Å²) in [6.07, 6.45) is 4.10. The fourth-order valence-electron chi connectivity index (χ4n) is 3.22. The molecule has 3 rings (SSSR count). The maximum Gasteiger partial charge on any atom is 0.255 e. The Morgan fingerprint density at radius 2 is 1.83 bits per heavy atom. The van der Waals surface area contributed by atoms with Gasteiger partial charge in [0.25, 0.3) is 5.91 Å². The van der Waals surface area contributed by atoms with E-state index in [4.69, 9.17) is 11.6 Å². The summed E-state index contributed by atoms with van der Waals surface area (Å²) < 4.78 is 0. The van der Waals surface area contributed by atoms with Crippen LogP contribution in [0.3, 0.4) is 0 Å². The zero-order chi connectivity index (χ0) is 12.7. The molecule has 1 amide bonds. The number of piperidine rings is 1. The van der Waals surface area contributed by atoms with Gasteiger partial charge in [0.1, 0.15) is 0 Å². The lowest BCUT2D eigenvalue weighted by Gasteiger charge is -2.36. The average Bonchev–Trinajstić information content (AvgIpc) is 2.61. The van der Waals surface area contributed by atoms with Crippen LogP contribution in [0, 0.1) is 0 Å². The monoisotopic (exact) mass is 261 g/mol. The first-order valence-corrected chi connectivity index (χ1v) is 6.78. The number of carbonyl (C=O) groups excluding carboxylic acids is 1. The van der Waals surface area contributed by atoms with Crippen molar-refractivity contribution in [2.45, 2.75) is 37.8 Å². The Bertz CT molecular complexity index is 495. The van der Waals surface area contributed by atoms with Crippen LogP contribution in [0.15, 0.2) is 36.4 Å². The number of benzene rings is 1. The molecule has 0 aliphatic carbocycles. The lowest BCUT2D eigenvalue weighted by molar-refractivity contribution is 0.0635. The second kappa shape index (κ2) is 4.43. The normalized spacial score (nSPS) is 26.5. The highest BCUT2D eigenvalue weighted by Gasteiger charge is 2.41. The van der Waals surface area contributed by atoms with Crippen LogP contribution < -0.4 is 0 Å². The molecule has 2 saturated heterocycles. The number of rotatable bonds is 1. The standard InChI is InChI=1S/C15H16ClNO/c1-10-8-11-6-7-12(9-10)17(11)15(18)13-4-2-3-5-14(13)16/h2-5,11-12H,1,6-9H2. The van der Waals surface area contributed by atoms with E-state index < -0.39 is 0 Å². The molecule has 2 heterocycles. The molecule has 2 fully saturated rings. The number of hydrogen-bond acceptors (Lipinski definition) is 1. The van der Waals surface area contributed by atoms with E-state index in [-0.39, 0.29) is 5.91 Å². The van der Waals surface area contributed by atoms with E-state index in [1.54, 1.807) is 6.07 Å². The Balaban J connectivity index is 1.90. The van der Waals surface area contributed by atoms with E-state index in [2.05, 4.69) is 6.58 Å². The zero-order valence-electron chi connectivity index (χ0n) is 10.2. The van der Waals surface area contributed by atoms with Crippen molar-refractivity contribution < 1.29 is 4.79 Å². The van der Waals surface area contributed by atoms with Gasteiger partial charge in [0.05, 0.1) is 10.6 Å². The maximum absolute atomic E-state index is 12.6. The van der Waals surface area contributed by atoms with Crippen molar-refractivity contribution in [2.24, 2.45) is 0 Å². The minimum atomic E-state index is 0.0839. The molecule has 2 nitrogen and oxygen atoms in total. The molecular formula is C15H16ClNO. The van der Waals surface area contributed by atoms with Crippen molar-refractivity contribution in [1.82, 2.24) is 4.90 Å². The van der Waals surface area contributed by atoms with Crippen LogP contribution in [0.1, 0.15) is 36.0 Å². The Hall–Kier alpha value is -1.28. The van der Waals surface area contributed by atoms with E-state index >= 15 is 0 Å². The smallest absolute Gasteiger partial charge is 0.255 e. The van der Waals surface area contributed by atoms with E-state index in [1.165, 1.54) is 5.57 Å². The van der Waals surface area contributed by atoms with Crippen LogP contribution in [-0.4, -0.2) is 22.9 Å². The third-order valence-corrected chi connectivity index (χ3v) is 4.34. The number of nitrogens with zero attached hydrogens (tertiary/aromatic N) is 1. The lowest BCUT2D eigenvalue weighted by Crippen LogP contribution is -2.44. The summed E-state index contributed by atoms with van der Waals surface area (Å²) >= 11 is 6.12. The Labute approximate surface area is 112 Å². The third kappa shape index (κ3) is 1.85. The zero-order valence-corrected chi connectivity index (χ0v) is 11.0.